The number of piperazine rings is 1. The summed E-state index contributed by atoms with van der Waals surface area (Å²) in [5.74, 6) is 0.573. The summed E-state index contributed by atoms with van der Waals surface area (Å²) in [5.41, 5.74) is -3.26. The Morgan fingerprint density at radius 3 is 2.06 bits per heavy atom. The first-order chi connectivity index (χ1) is 14.6. The molecule has 3 heterocycles. The van der Waals surface area contributed by atoms with Crippen molar-refractivity contribution in [1.82, 2.24) is 19.8 Å². The molecule has 1 saturated heterocycles. The fraction of sp³-hybridized carbons (Fsp3) is 0.312. The van der Waals surface area contributed by atoms with E-state index < -0.39 is 38.6 Å². The zero-order valence-corrected chi connectivity index (χ0v) is 15.6. The van der Waals surface area contributed by atoms with Crippen molar-refractivity contribution in [1.29, 1.82) is 0 Å². The van der Waals surface area contributed by atoms with Gasteiger partial charge < -0.3 is 9.80 Å². The van der Waals surface area contributed by atoms with Gasteiger partial charge in [0.15, 0.2) is 11.3 Å². The average molecular weight is 438 g/mol. The molecule has 31 heavy (non-hydrogen) atoms. The molecule has 0 aliphatic carbocycles. The Morgan fingerprint density at radius 2 is 1.52 bits per heavy atom. The second kappa shape index (κ2) is 7.33. The minimum absolute atomic E-state index is 0.106. The van der Waals surface area contributed by atoms with Crippen LogP contribution in [0, 0.1) is 20.2 Å². The van der Waals surface area contributed by atoms with Gasteiger partial charge in [-0.25, -0.2) is 0 Å². The van der Waals surface area contributed by atoms with E-state index in [1.165, 1.54) is 15.7 Å². The third-order valence-corrected chi connectivity index (χ3v) is 4.86. The van der Waals surface area contributed by atoms with Gasteiger partial charge in [0.2, 0.25) is 0 Å². The van der Waals surface area contributed by atoms with Crippen molar-refractivity contribution in [3.05, 3.63) is 56.4 Å². The first-order valence-electron chi connectivity index (χ1n) is 8.86. The molecule has 0 saturated carbocycles. The lowest BCUT2D eigenvalue weighted by molar-refractivity contribution is -0.393. The maximum atomic E-state index is 13.1. The van der Waals surface area contributed by atoms with Crippen LogP contribution in [0.15, 0.2) is 30.6 Å². The topological polar surface area (TPSA) is 136 Å². The van der Waals surface area contributed by atoms with Gasteiger partial charge in [-0.2, -0.15) is 17.7 Å². The van der Waals surface area contributed by atoms with Crippen LogP contribution in [0.3, 0.4) is 0 Å². The van der Waals surface area contributed by atoms with E-state index in [1.807, 2.05) is 4.90 Å². The van der Waals surface area contributed by atoms with Crippen LogP contribution < -0.4 is 9.80 Å². The molecule has 0 N–H and O–H groups in total. The SMILES string of the molecule is O=[N+]([O-])c1cc(C(F)(F)F)cc([N+](=O)[O-])c1N1CCN(c2ccc3nncn3n2)CC1. The average Bonchev–Trinajstić information content (AvgIpc) is 3.20. The zero-order chi connectivity index (χ0) is 22.3. The third-order valence-electron chi connectivity index (χ3n) is 4.86. The van der Waals surface area contributed by atoms with Gasteiger partial charge in [0.25, 0.3) is 11.4 Å². The van der Waals surface area contributed by atoms with Crippen molar-refractivity contribution < 1.29 is 23.0 Å². The van der Waals surface area contributed by atoms with Gasteiger partial charge in [0.05, 0.1) is 15.4 Å². The molecule has 0 atom stereocenters. The highest BCUT2D eigenvalue weighted by Gasteiger charge is 2.39. The Bertz CT molecular complexity index is 1140. The third kappa shape index (κ3) is 3.76. The maximum Gasteiger partial charge on any atom is 0.416 e. The van der Waals surface area contributed by atoms with Crippen molar-refractivity contribution in [3.8, 4) is 0 Å². The number of fused-ring (bicyclic) bond motifs is 1. The lowest BCUT2D eigenvalue weighted by Gasteiger charge is -2.36. The standard InChI is InChI=1S/C16H13F3N8O4/c17-16(18,19)10-7-11(26(28)29)15(12(8-10)27(30)31)24-5-3-23(4-6-24)14-2-1-13-21-20-9-25(13)22-14/h1-2,7-9H,3-6H2. The van der Waals surface area contributed by atoms with E-state index in [9.17, 15) is 33.4 Å². The Hall–Kier alpha value is -4.04. The molecule has 1 aliphatic rings. The van der Waals surface area contributed by atoms with Crippen molar-refractivity contribution in [2.24, 2.45) is 0 Å². The molecule has 4 rings (SSSR count). The molecule has 15 heteroatoms. The molecule has 12 nitrogen and oxygen atoms in total. The Balaban J connectivity index is 1.65. The number of aromatic nitrogens is 4. The summed E-state index contributed by atoms with van der Waals surface area (Å²) in [4.78, 5) is 24.0. The lowest BCUT2D eigenvalue weighted by Crippen LogP contribution is -2.47. The van der Waals surface area contributed by atoms with Gasteiger partial charge in [-0.15, -0.1) is 15.3 Å². The van der Waals surface area contributed by atoms with E-state index in [0.29, 0.717) is 23.6 Å². The van der Waals surface area contributed by atoms with Crippen LogP contribution in [0.1, 0.15) is 5.56 Å². The van der Waals surface area contributed by atoms with Crippen molar-refractivity contribution in [2.75, 3.05) is 36.0 Å². The molecule has 0 radical (unpaired) electrons. The van der Waals surface area contributed by atoms with E-state index in [1.54, 1.807) is 12.1 Å². The van der Waals surface area contributed by atoms with E-state index in [0.717, 1.165) is 0 Å². The van der Waals surface area contributed by atoms with E-state index in [4.69, 9.17) is 0 Å². The largest absolute Gasteiger partial charge is 0.416 e. The molecule has 1 fully saturated rings. The first-order valence-corrected chi connectivity index (χ1v) is 8.86. The Kier molecular flexibility index (Phi) is 4.79. The number of nitro benzene ring substituents is 2. The lowest BCUT2D eigenvalue weighted by atomic mass is 10.1. The Labute approximate surface area is 170 Å². The highest BCUT2D eigenvalue weighted by molar-refractivity contribution is 5.77. The molecule has 1 aromatic carbocycles. The summed E-state index contributed by atoms with van der Waals surface area (Å²) < 4.78 is 40.7. The minimum atomic E-state index is -4.96. The van der Waals surface area contributed by atoms with E-state index in [-0.39, 0.29) is 26.2 Å². The van der Waals surface area contributed by atoms with Crippen LogP contribution in [-0.4, -0.2) is 55.8 Å². The maximum absolute atomic E-state index is 13.1. The zero-order valence-electron chi connectivity index (χ0n) is 15.6. The summed E-state index contributed by atoms with van der Waals surface area (Å²) in [5, 5.41) is 34.8. The second-order valence-corrected chi connectivity index (χ2v) is 6.67. The minimum Gasteiger partial charge on any atom is -0.357 e. The number of alkyl halides is 3. The normalized spacial score (nSPS) is 14.8. The summed E-state index contributed by atoms with van der Waals surface area (Å²) in [6.07, 6.45) is -3.54. The molecule has 162 valence electrons. The molecule has 0 amide bonds. The van der Waals surface area contributed by atoms with Crippen LogP contribution >= 0.6 is 0 Å². The van der Waals surface area contributed by atoms with Crippen molar-refractivity contribution in [2.45, 2.75) is 6.18 Å². The summed E-state index contributed by atoms with van der Waals surface area (Å²) in [7, 11) is 0. The number of rotatable bonds is 4. The first kappa shape index (κ1) is 20.2. The van der Waals surface area contributed by atoms with E-state index in [2.05, 4.69) is 15.3 Å². The summed E-state index contributed by atoms with van der Waals surface area (Å²) >= 11 is 0. The molecule has 3 aromatic rings. The number of benzene rings is 1. The molecule has 0 spiro atoms. The van der Waals surface area contributed by atoms with Crippen LogP contribution in [0.5, 0.6) is 0 Å². The number of nitro groups is 2. The van der Waals surface area contributed by atoms with Gasteiger partial charge in [-0.1, -0.05) is 0 Å². The molecule has 1 aliphatic heterocycles. The molecule has 0 bridgehead atoms. The number of anilines is 2. The van der Waals surface area contributed by atoms with Crippen LogP contribution in [0.4, 0.5) is 36.1 Å². The number of halogens is 3. The monoisotopic (exact) mass is 438 g/mol. The molecule has 0 unspecified atom stereocenters. The van der Waals surface area contributed by atoms with Gasteiger partial charge >= 0.3 is 6.18 Å². The van der Waals surface area contributed by atoms with Crippen molar-refractivity contribution in [3.63, 3.8) is 0 Å². The summed E-state index contributed by atoms with van der Waals surface area (Å²) in [6, 6.07) is 4.07. The Morgan fingerprint density at radius 1 is 0.935 bits per heavy atom. The van der Waals surface area contributed by atoms with Crippen LogP contribution in [-0.2, 0) is 6.18 Å². The highest BCUT2D eigenvalue weighted by atomic mass is 19.4. The second-order valence-electron chi connectivity index (χ2n) is 6.67. The predicted octanol–water partition coefficient (Wildman–Crippen LogP) is 2.29. The van der Waals surface area contributed by atoms with Gasteiger partial charge in [0, 0.05) is 38.3 Å². The molecular formula is C16H13F3N8O4. The van der Waals surface area contributed by atoms with Crippen LogP contribution in [0.25, 0.3) is 5.65 Å². The van der Waals surface area contributed by atoms with E-state index >= 15 is 0 Å². The van der Waals surface area contributed by atoms with Gasteiger partial charge in [-0.3, -0.25) is 20.2 Å². The smallest absolute Gasteiger partial charge is 0.357 e. The van der Waals surface area contributed by atoms with Gasteiger partial charge in [-0.05, 0) is 12.1 Å². The fourth-order valence-corrected chi connectivity index (χ4v) is 3.42. The number of hydrogen-bond donors (Lipinski definition) is 0. The molecule has 2 aromatic heterocycles. The fourth-order valence-electron chi connectivity index (χ4n) is 3.42. The van der Waals surface area contributed by atoms with Crippen LogP contribution in [0.2, 0.25) is 0 Å². The highest BCUT2D eigenvalue weighted by Crippen LogP contribution is 2.43. The predicted molar refractivity (Wildman–Crippen MR) is 100.0 cm³/mol. The van der Waals surface area contributed by atoms with Crippen molar-refractivity contribution >= 4 is 28.5 Å². The molecular weight excluding hydrogens is 425 g/mol. The quantitative estimate of drug-likeness (QED) is 0.444. The summed E-state index contributed by atoms with van der Waals surface area (Å²) in [6.45, 7) is 0.788. The number of hydrogen-bond acceptors (Lipinski definition) is 9. The number of nitrogens with zero attached hydrogens (tertiary/aromatic N) is 8. The van der Waals surface area contributed by atoms with Gasteiger partial charge in [0.1, 0.15) is 12.1 Å².